The topological polar surface area (TPSA) is 45.6 Å². The number of amides is 2. The number of benzene rings is 12. The van der Waals surface area contributed by atoms with Crippen LogP contribution in [0.15, 0.2) is 194 Å². The van der Waals surface area contributed by atoms with Gasteiger partial charge in [-0.3, -0.25) is 9.59 Å². The maximum absolute atomic E-state index is 15.2. The van der Waals surface area contributed by atoms with E-state index in [0.717, 1.165) is 91.1 Å². The van der Waals surface area contributed by atoms with Crippen LogP contribution in [0.4, 0.5) is 22.7 Å². The van der Waals surface area contributed by atoms with Gasteiger partial charge in [-0.1, -0.05) is 215 Å². The van der Waals surface area contributed by atoms with Crippen molar-refractivity contribution in [3.63, 3.8) is 0 Å². The van der Waals surface area contributed by atoms with Crippen LogP contribution < -0.4 is 9.80 Å². The second-order valence-electron chi connectivity index (χ2n) is 26.8. The fourth-order valence-electron chi connectivity index (χ4n) is 16.1. The molecule has 0 atom stereocenters. The molecular formula is C82H71N3O2. The van der Waals surface area contributed by atoms with Gasteiger partial charge in [0.05, 0.1) is 11.2 Å². The third-order valence-electron chi connectivity index (χ3n) is 20.5. The fourth-order valence-corrected chi connectivity index (χ4v) is 16.1. The molecule has 5 heteroatoms. The van der Waals surface area contributed by atoms with Crippen LogP contribution in [0.25, 0.3) is 98.3 Å². The molecule has 426 valence electrons. The predicted octanol–water partition coefficient (Wildman–Crippen LogP) is 22.2. The molecule has 87 heavy (non-hydrogen) atoms. The SMILES string of the molecule is CCCCCCn1c2cc(-c3ccc(N(c4ccc5c(c4)C(C)(C)c4ccccc4-5)c4ccc5c(c4)C(C)(C)c4ccccc4-5)cc3)ccc2c2c3cccc4c5ccc6c7c(ccc(c(cc21)c43)c75)C(=O)N(c1c(C(C)C)cccc1C(C)C)C6=O. The van der Waals surface area contributed by atoms with E-state index >= 15 is 9.59 Å². The summed E-state index contributed by atoms with van der Waals surface area (Å²) in [4.78, 5) is 34.3. The van der Waals surface area contributed by atoms with E-state index < -0.39 is 0 Å². The average Bonchev–Trinajstić information content (AvgIpc) is 1.63. The zero-order valence-electron chi connectivity index (χ0n) is 51.3. The first-order valence-electron chi connectivity index (χ1n) is 31.7. The third kappa shape index (κ3) is 7.57. The Labute approximate surface area is 509 Å². The summed E-state index contributed by atoms with van der Waals surface area (Å²) in [6.45, 7) is 21.2. The number of anilines is 4. The normalized spacial score (nSPS) is 14.7. The highest BCUT2D eigenvalue weighted by atomic mass is 16.2. The number of fused-ring (bicyclic) bond motifs is 12. The minimum atomic E-state index is -0.259. The van der Waals surface area contributed by atoms with Crippen LogP contribution in [0.2, 0.25) is 0 Å². The lowest BCUT2D eigenvalue weighted by atomic mass is 9.82. The van der Waals surface area contributed by atoms with Gasteiger partial charge in [0, 0.05) is 67.2 Å². The molecule has 1 aromatic heterocycles. The molecule has 12 aromatic carbocycles. The summed E-state index contributed by atoms with van der Waals surface area (Å²) in [6.07, 6.45) is 4.58. The van der Waals surface area contributed by atoms with E-state index in [0.29, 0.717) is 11.1 Å². The average molecular weight is 1130 g/mol. The van der Waals surface area contributed by atoms with Gasteiger partial charge < -0.3 is 9.47 Å². The van der Waals surface area contributed by atoms with Crippen molar-refractivity contribution in [1.29, 1.82) is 0 Å². The van der Waals surface area contributed by atoms with E-state index in [1.54, 1.807) is 0 Å². The molecule has 13 aromatic rings. The molecule has 2 heterocycles. The first-order valence-corrected chi connectivity index (χ1v) is 31.7. The van der Waals surface area contributed by atoms with Crippen molar-refractivity contribution in [3.8, 4) is 33.4 Å². The Morgan fingerprint density at radius 3 is 1.49 bits per heavy atom. The predicted molar refractivity (Wildman–Crippen MR) is 366 cm³/mol. The van der Waals surface area contributed by atoms with Crippen molar-refractivity contribution in [2.75, 3.05) is 9.80 Å². The number of para-hydroxylation sites is 1. The molecule has 0 fully saturated rings. The second-order valence-corrected chi connectivity index (χ2v) is 26.8. The van der Waals surface area contributed by atoms with Crippen LogP contribution in [0.3, 0.4) is 0 Å². The summed E-state index contributed by atoms with van der Waals surface area (Å²) in [5.41, 5.74) is 22.5. The van der Waals surface area contributed by atoms with Gasteiger partial charge in [-0.05, 0) is 183 Å². The Kier molecular flexibility index (Phi) is 11.8. The van der Waals surface area contributed by atoms with Gasteiger partial charge in [0.15, 0.2) is 0 Å². The molecule has 3 aliphatic rings. The van der Waals surface area contributed by atoms with Crippen molar-refractivity contribution < 1.29 is 9.59 Å². The van der Waals surface area contributed by atoms with E-state index in [1.807, 2.05) is 12.1 Å². The van der Waals surface area contributed by atoms with Gasteiger partial charge in [0.2, 0.25) is 0 Å². The number of hydrogen-bond donors (Lipinski definition) is 0. The molecule has 5 nitrogen and oxygen atoms in total. The molecule has 0 bridgehead atoms. The maximum atomic E-state index is 15.2. The molecule has 0 radical (unpaired) electrons. The standard InChI is InChI=1S/C82H71N3O2/c1-10-11-12-17-42-83-72-43-50(49-28-31-51(32-29-49)84(52-33-36-58-56-20-13-15-26-68(56)81(6,7)70(58)44-52)53-34-37-59-57-21-14-16-27-69(57)82(8,9)71(59)45-53)30-35-63(72)75-64-25-19-24-60-61-38-40-65-77-66(41-39-62(76(61)77)67(74(60)64)46-73(75)83)80(87)85(79(65)86)78-54(47(2)3)22-18-23-55(78)48(4)5/h13-16,18-41,43-48H,10-12,17,42H2,1-9H3. The summed E-state index contributed by atoms with van der Waals surface area (Å²) < 4.78 is 2.59. The number of carbonyl (C=O) groups excluding carboxylic acids is 2. The first kappa shape index (κ1) is 53.2. The molecule has 0 saturated carbocycles. The number of rotatable bonds is 12. The van der Waals surface area contributed by atoms with Crippen LogP contribution in [0.5, 0.6) is 0 Å². The van der Waals surface area contributed by atoms with Gasteiger partial charge >= 0.3 is 0 Å². The molecule has 0 N–H and O–H groups in total. The number of imide groups is 1. The molecule has 2 aliphatic carbocycles. The van der Waals surface area contributed by atoms with Crippen molar-refractivity contribution in [3.05, 3.63) is 239 Å². The summed E-state index contributed by atoms with van der Waals surface area (Å²) in [6, 6.07) is 72.1. The summed E-state index contributed by atoms with van der Waals surface area (Å²) in [7, 11) is 0. The summed E-state index contributed by atoms with van der Waals surface area (Å²) >= 11 is 0. The fraction of sp³-hybridized carbons (Fsp3) is 0.220. The number of unbranched alkanes of at least 4 members (excludes halogenated alkanes) is 3. The molecule has 1 aliphatic heterocycles. The zero-order valence-corrected chi connectivity index (χ0v) is 51.3. The lowest BCUT2D eigenvalue weighted by Crippen LogP contribution is -2.41. The van der Waals surface area contributed by atoms with Gasteiger partial charge in [-0.2, -0.15) is 0 Å². The Bertz CT molecular complexity index is 4930. The lowest BCUT2D eigenvalue weighted by molar-refractivity contribution is 0.0892. The Morgan fingerprint density at radius 1 is 0.391 bits per heavy atom. The van der Waals surface area contributed by atoms with E-state index in [4.69, 9.17) is 0 Å². The van der Waals surface area contributed by atoms with Crippen LogP contribution in [0, 0.1) is 0 Å². The second kappa shape index (κ2) is 19.3. The van der Waals surface area contributed by atoms with Crippen molar-refractivity contribution >= 4 is 99.5 Å². The van der Waals surface area contributed by atoms with E-state index in [9.17, 15) is 0 Å². The van der Waals surface area contributed by atoms with Gasteiger partial charge in [0.1, 0.15) is 0 Å². The molecule has 2 amide bonds. The van der Waals surface area contributed by atoms with Crippen molar-refractivity contribution in [1.82, 2.24) is 4.57 Å². The Morgan fingerprint density at radius 2 is 0.897 bits per heavy atom. The van der Waals surface area contributed by atoms with E-state index in [2.05, 4.69) is 254 Å². The Hall–Kier alpha value is -9.32. The smallest absolute Gasteiger partial charge is 0.266 e. The van der Waals surface area contributed by atoms with Gasteiger partial charge in [0.25, 0.3) is 11.8 Å². The quantitative estimate of drug-likeness (QED) is 0.0530. The van der Waals surface area contributed by atoms with Crippen molar-refractivity contribution in [2.24, 2.45) is 0 Å². The van der Waals surface area contributed by atoms with E-state index in [1.165, 1.54) is 100 Å². The zero-order chi connectivity index (χ0) is 59.5. The third-order valence-corrected chi connectivity index (χ3v) is 20.5. The van der Waals surface area contributed by atoms with E-state index in [-0.39, 0.29) is 34.5 Å². The lowest BCUT2D eigenvalue weighted by Gasteiger charge is -2.32. The van der Waals surface area contributed by atoms with Crippen molar-refractivity contribution in [2.45, 2.75) is 117 Å². The minimum absolute atomic E-state index is 0.116. The largest absolute Gasteiger partial charge is 0.340 e. The molecule has 16 rings (SSSR count). The summed E-state index contributed by atoms with van der Waals surface area (Å²) in [5.74, 6) is -0.285. The molecule has 0 spiro atoms. The van der Waals surface area contributed by atoms with Gasteiger partial charge in [-0.15, -0.1) is 0 Å². The number of aryl methyl sites for hydroxylation is 1. The van der Waals surface area contributed by atoms with Gasteiger partial charge in [-0.25, -0.2) is 4.90 Å². The highest BCUT2D eigenvalue weighted by Crippen LogP contribution is 2.55. The molecular weight excluding hydrogens is 1060 g/mol. The summed E-state index contributed by atoms with van der Waals surface area (Å²) in [5, 5.41) is 11.1. The van der Waals surface area contributed by atoms with Crippen LogP contribution in [0.1, 0.15) is 154 Å². The Balaban J connectivity index is 0.840. The number of carbonyl (C=O) groups is 2. The van der Waals surface area contributed by atoms with Crippen LogP contribution in [-0.4, -0.2) is 16.4 Å². The number of nitrogens with zero attached hydrogens (tertiary/aromatic N) is 3. The highest BCUT2D eigenvalue weighted by Gasteiger charge is 2.40. The van der Waals surface area contributed by atoms with Crippen LogP contribution >= 0.6 is 0 Å². The number of hydrogen-bond acceptors (Lipinski definition) is 3. The number of aromatic nitrogens is 1. The first-order chi connectivity index (χ1) is 42.1. The molecule has 0 saturated heterocycles. The maximum Gasteiger partial charge on any atom is 0.266 e. The molecule has 0 unspecified atom stereocenters. The van der Waals surface area contributed by atoms with Crippen LogP contribution in [-0.2, 0) is 17.4 Å². The minimum Gasteiger partial charge on any atom is -0.340 e. The highest BCUT2D eigenvalue weighted by molar-refractivity contribution is 6.44. The monoisotopic (exact) mass is 1130 g/mol.